The van der Waals surface area contributed by atoms with Crippen LogP contribution >= 0.6 is 0 Å². The van der Waals surface area contributed by atoms with Gasteiger partial charge in [-0.05, 0) is 36.7 Å². The van der Waals surface area contributed by atoms with Crippen LogP contribution in [0.25, 0.3) is 0 Å². The fourth-order valence-corrected chi connectivity index (χ4v) is 3.55. The molecular weight excluding hydrogens is 393 g/mol. The van der Waals surface area contributed by atoms with Crippen LogP contribution in [-0.2, 0) is 12.7 Å². The Morgan fingerprint density at radius 1 is 0.900 bits per heavy atom. The quantitative estimate of drug-likeness (QED) is 0.665. The zero-order valence-corrected chi connectivity index (χ0v) is 16.8. The lowest BCUT2D eigenvalue weighted by atomic mass is 10.1. The number of anilines is 1. The molecular formula is C22H27F3N4O. The Kier molecular flexibility index (Phi) is 7.70. The lowest BCUT2D eigenvalue weighted by molar-refractivity contribution is -0.138. The molecule has 5 nitrogen and oxygen atoms in total. The van der Waals surface area contributed by atoms with Gasteiger partial charge in [-0.25, -0.2) is 4.79 Å². The van der Waals surface area contributed by atoms with Crippen molar-refractivity contribution in [1.82, 2.24) is 15.1 Å². The predicted molar refractivity (Wildman–Crippen MR) is 111 cm³/mol. The van der Waals surface area contributed by atoms with E-state index < -0.39 is 11.7 Å². The Morgan fingerprint density at radius 3 is 2.23 bits per heavy atom. The van der Waals surface area contributed by atoms with Crippen LogP contribution in [0.3, 0.4) is 0 Å². The number of alkyl halides is 3. The first-order valence-electron chi connectivity index (χ1n) is 10.1. The van der Waals surface area contributed by atoms with Crippen molar-refractivity contribution in [2.45, 2.75) is 19.1 Å². The normalized spacial score (nSPS) is 15.7. The third-order valence-electron chi connectivity index (χ3n) is 5.15. The third kappa shape index (κ3) is 6.74. The molecule has 1 fully saturated rings. The first kappa shape index (κ1) is 22.1. The number of para-hydroxylation sites is 1. The van der Waals surface area contributed by atoms with Gasteiger partial charge < -0.3 is 15.5 Å². The molecule has 0 unspecified atom stereocenters. The number of carbonyl (C=O) groups is 1. The van der Waals surface area contributed by atoms with Crippen molar-refractivity contribution in [3.05, 3.63) is 65.7 Å². The maximum Gasteiger partial charge on any atom is 0.416 e. The van der Waals surface area contributed by atoms with E-state index in [4.69, 9.17) is 0 Å². The van der Waals surface area contributed by atoms with E-state index in [2.05, 4.69) is 20.4 Å². The molecule has 30 heavy (non-hydrogen) atoms. The van der Waals surface area contributed by atoms with Crippen molar-refractivity contribution in [2.24, 2.45) is 0 Å². The number of urea groups is 1. The summed E-state index contributed by atoms with van der Waals surface area (Å²) in [7, 11) is 0. The molecule has 0 atom stereocenters. The monoisotopic (exact) mass is 420 g/mol. The molecule has 0 spiro atoms. The zero-order chi connectivity index (χ0) is 21.4. The van der Waals surface area contributed by atoms with Crippen LogP contribution < -0.4 is 10.6 Å². The lowest BCUT2D eigenvalue weighted by Crippen LogP contribution is -2.46. The first-order valence-corrected chi connectivity index (χ1v) is 10.1. The standard InChI is InChI=1S/C22H27F3N4O/c23-22(24,25)20-10-5-4-7-18(20)17-29-15-13-28(14-16-29)12-6-11-26-21(30)27-19-8-2-1-3-9-19/h1-5,7-10H,6,11-17H2,(H2,26,27,30). The SMILES string of the molecule is O=C(NCCCN1CCN(Cc2ccccc2C(F)(F)F)CC1)Nc1ccccc1. The number of hydrogen-bond donors (Lipinski definition) is 2. The largest absolute Gasteiger partial charge is 0.416 e. The molecule has 2 N–H and O–H groups in total. The van der Waals surface area contributed by atoms with Gasteiger partial charge in [-0.15, -0.1) is 0 Å². The molecule has 0 radical (unpaired) electrons. The highest BCUT2D eigenvalue weighted by atomic mass is 19.4. The van der Waals surface area contributed by atoms with Crippen LogP contribution in [0.5, 0.6) is 0 Å². The average Bonchev–Trinajstić information content (AvgIpc) is 2.73. The fourth-order valence-electron chi connectivity index (χ4n) is 3.55. The third-order valence-corrected chi connectivity index (χ3v) is 5.15. The van der Waals surface area contributed by atoms with E-state index in [1.807, 2.05) is 30.3 Å². The van der Waals surface area contributed by atoms with E-state index in [1.54, 1.807) is 12.1 Å². The second-order valence-corrected chi connectivity index (χ2v) is 7.37. The molecule has 0 bridgehead atoms. The average molecular weight is 420 g/mol. The number of halogens is 3. The first-order chi connectivity index (χ1) is 14.4. The number of benzene rings is 2. The van der Waals surface area contributed by atoms with Crippen LogP contribution in [0.1, 0.15) is 17.5 Å². The minimum Gasteiger partial charge on any atom is -0.338 e. The summed E-state index contributed by atoms with van der Waals surface area (Å²) in [6.45, 7) is 4.80. The highest BCUT2D eigenvalue weighted by Gasteiger charge is 2.33. The van der Waals surface area contributed by atoms with E-state index in [9.17, 15) is 18.0 Å². The van der Waals surface area contributed by atoms with Gasteiger partial charge in [0.1, 0.15) is 0 Å². The predicted octanol–water partition coefficient (Wildman–Crippen LogP) is 4.03. The molecule has 0 aromatic heterocycles. The summed E-state index contributed by atoms with van der Waals surface area (Å²) in [4.78, 5) is 16.2. The molecule has 1 heterocycles. The van der Waals surface area contributed by atoms with Crippen molar-refractivity contribution in [3.63, 3.8) is 0 Å². The molecule has 0 saturated carbocycles. The van der Waals surface area contributed by atoms with Crippen LogP contribution in [0.2, 0.25) is 0 Å². The maximum absolute atomic E-state index is 13.2. The molecule has 162 valence electrons. The van der Waals surface area contributed by atoms with Crippen molar-refractivity contribution in [2.75, 3.05) is 44.6 Å². The molecule has 8 heteroatoms. The van der Waals surface area contributed by atoms with Crippen molar-refractivity contribution in [3.8, 4) is 0 Å². The Morgan fingerprint density at radius 2 is 1.53 bits per heavy atom. The van der Waals surface area contributed by atoms with Crippen molar-refractivity contribution >= 4 is 11.7 Å². The van der Waals surface area contributed by atoms with E-state index in [1.165, 1.54) is 6.07 Å². The number of rotatable bonds is 7. The highest BCUT2D eigenvalue weighted by molar-refractivity contribution is 5.89. The summed E-state index contributed by atoms with van der Waals surface area (Å²) in [5, 5.41) is 5.61. The second kappa shape index (κ2) is 10.4. The molecule has 0 aliphatic carbocycles. The number of amides is 2. The van der Waals surface area contributed by atoms with Gasteiger partial charge in [0.05, 0.1) is 5.56 Å². The molecule has 2 amide bonds. The summed E-state index contributed by atoms with van der Waals surface area (Å²) in [6, 6.07) is 14.8. The summed E-state index contributed by atoms with van der Waals surface area (Å²) < 4.78 is 39.5. The molecule has 2 aromatic carbocycles. The van der Waals surface area contributed by atoms with Gasteiger partial charge in [0, 0.05) is 45.0 Å². The second-order valence-electron chi connectivity index (χ2n) is 7.37. The summed E-state index contributed by atoms with van der Waals surface area (Å²) >= 11 is 0. The maximum atomic E-state index is 13.2. The Balaban J connectivity index is 1.34. The molecule has 2 aromatic rings. The van der Waals surface area contributed by atoms with Gasteiger partial charge in [-0.1, -0.05) is 36.4 Å². The van der Waals surface area contributed by atoms with Gasteiger partial charge in [0.15, 0.2) is 0 Å². The van der Waals surface area contributed by atoms with E-state index in [0.717, 1.165) is 50.9 Å². The Labute approximate surface area is 174 Å². The van der Waals surface area contributed by atoms with Crippen LogP contribution in [0.15, 0.2) is 54.6 Å². The minimum atomic E-state index is -4.32. The molecule has 3 rings (SSSR count). The van der Waals surface area contributed by atoms with E-state index >= 15 is 0 Å². The number of hydrogen-bond acceptors (Lipinski definition) is 3. The van der Waals surface area contributed by atoms with Gasteiger partial charge in [0.2, 0.25) is 0 Å². The van der Waals surface area contributed by atoms with E-state index in [0.29, 0.717) is 18.7 Å². The van der Waals surface area contributed by atoms with Gasteiger partial charge in [0.25, 0.3) is 0 Å². The summed E-state index contributed by atoms with van der Waals surface area (Å²) in [5.41, 5.74) is 0.526. The van der Waals surface area contributed by atoms with Crippen LogP contribution in [0, 0.1) is 0 Å². The lowest BCUT2D eigenvalue weighted by Gasteiger charge is -2.35. The number of carbonyl (C=O) groups excluding carboxylic acids is 1. The van der Waals surface area contributed by atoms with E-state index in [-0.39, 0.29) is 6.03 Å². The number of piperazine rings is 1. The fraction of sp³-hybridized carbons (Fsp3) is 0.409. The van der Waals surface area contributed by atoms with Gasteiger partial charge >= 0.3 is 12.2 Å². The summed E-state index contributed by atoms with van der Waals surface area (Å²) in [5.74, 6) is 0. The Bertz CT molecular complexity index is 806. The number of nitrogens with zero attached hydrogens (tertiary/aromatic N) is 2. The summed E-state index contributed by atoms with van der Waals surface area (Å²) in [6.07, 6.45) is -3.50. The minimum absolute atomic E-state index is 0.227. The van der Waals surface area contributed by atoms with Crippen LogP contribution in [-0.4, -0.2) is 55.1 Å². The van der Waals surface area contributed by atoms with Crippen LogP contribution in [0.4, 0.5) is 23.7 Å². The topological polar surface area (TPSA) is 47.6 Å². The number of nitrogens with one attached hydrogen (secondary N) is 2. The van der Waals surface area contributed by atoms with Gasteiger partial charge in [-0.2, -0.15) is 13.2 Å². The highest BCUT2D eigenvalue weighted by Crippen LogP contribution is 2.32. The molecule has 1 aliphatic heterocycles. The molecule has 1 saturated heterocycles. The molecule has 1 aliphatic rings. The van der Waals surface area contributed by atoms with Gasteiger partial charge in [-0.3, -0.25) is 4.90 Å². The Hall–Kier alpha value is -2.58. The smallest absolute Gasteiger partial charge is 0.338 e. The van der Waals surface area contributed by atoms with Crippen molar-refractivity contribution < 1.29 is 18.0 Å². The zero-order valence-electron chi connectivity index (χ0n) is 16.8. The van der Waals surface area contributed by atoms with Crippen molar-refractivity contribution in [1.29, 1.82) is 0 Å².